The van der Waals surface area contributed by atoms with Crippen LogP contribution in [-0.4, -0.2) is 67.5 Å². The van der Waals surface area contributed by atoms with E-state index in [1.54, 1.807) is 7.11 Å². The number of benzene rings is 1. The third-order valence-corrected chi connectivity index (χ3v) is 4.36. The fourth-order valence-corrected chi connectivity index (χ4v) is 3.15. The molecule has 2 amide bonds. The number of ether oxygens (including phenoxy) is 1. The first kappa shape index (κ1) is 18.3. The van der Waals surface area contributed by atoms with Crippen molar-refractivity contribution in [2.45, 2.75) is 32.4 Å². The molecule has 1 aromatic rings. The lowest BCUT2D eigenvalue weighted by atomic mass is 10.0. The van der Waals surface area contributed by atoms with Gasteiger partial charge >= 0.3 is 0 Å². The molecule has 1 N–H and O–H groups in total. The zero-order valence-corrected chi connectivity index (χ0v) is 14.9. The molecular formula is C18H27N3O3. The summed E-state index contributed by atoms with van der Waals surface area (Å²) in [4.78, 5) is 28.6. The molecule has 24 heavy (non-hydrogen) atoms. The number of hydrogen-bond donors (Lipinski definition) is 1. The Kier molecular flexibility index (Phi) is 6.20. The van der Waals surface area contributed by atoms with Gasteiger partial charge in [0.25, 0.3) is 0 Å². The molecule has 6 heteroatoms. The molecule has 0 aromatic heterocycles. The summed E-state index contributed by atoms with van der Waals surface area (Å²) in [5.74, 6) is 0.529. The van der Waals surface area contributed by atoms with Crippen LogP contribution in [0.5, 0.6) is 5.75 Å². The van der Waals surface area contributed by atoms with Crippen LogP contribution in [-0.2, 0) is 16.0 Å². The number of piperazine rings is 1. The van der Waals surface area contributed by atoms with E-state index in [1.165, 1.54) is 6.92 Å². The topological polar surface area (TPSA) is 61.9 Å². The number of likely N-dealkylation sites (N-methyl/N-ethyl adjacent to an activating group) is 1. The minimum absolute atomic E-state index is 0.0198. The van der Waals surface area contributed by atoms with Crippen molar-refractivity contribution in [3.8, 4) is 5.75 Å². The minimum Gasteiger partial charge on any atom is -0.497 e. The minimum atomic E-state index is -0.555. The van der Waals surface area contributed by atoms with Crippen LogP contribution in [0.25, 0.3) is 0 Å². The molecule has 132 valence electrons. The lowest BCUT2D eigenvalue weighted by Crippen LogP contribution is -2.58. The Hall–Kier alpha value is -2.08. The van der Waals surface area contributed by atoms with Gasteiger partial charge in [0.2, 0.25) is 11.8 Å². The highest BCUT2D eigenvalue weighted by Crippen LogP contribution is 2.16. The van der Waals surface area contributed by atoms with Gasteiger partial charge in [-0.2, -0.15) is 0 Å². The zero-order chi connectivity index (χ0) is 17.7. The molecule has 0 saturated carbocycles. The van der Waals surface area contributed by atoms with E-state index in [0.717, 1.165) is 24.4 Å². The average molecular weight is 333 g/mol. The van der Waals surface area contributed by atoms with Gasteiger partial charge in [0, 0.05) is 39.0 Å². The standard InChI is InChI=1S/C18H27N3O3/c1-13-12-20(3)8-9-21(13)18(23)17(19-14(2)22)11-15-6-5-7-16(10-15)24-4/h5-7,10,13,17H,8-9,11-12H2,1-4H3,(H,19,22)/t13-,17-/m0/s1. The lowest BCUT2D eigenvalue weighted by Gasteiger charge is -2.40. The van der Waals surface area contributed by atoms with Gasteiger partial charge in [-0.05, 0) is 31.7 Å². The summed E-state index contributed by atoms with van der Waals surface area (Å²) in [5, 5.41) is 2.81. The maximum atomic E-state index is 13.0. The molecule has 0 bridgehead atoms. The number of nitrogens with zero attached hydrogens (tertiary/aromatic N) is 2. The maximum Gasteiger partial charge on any atom is 0.245 e. The van der Waals surface area contributed by atoms with Gasteiger partial charge in [0.1, 0.15) is 11.8 Å². The molecule has 2 atom stereocenters. The molecule has 2 rings (SSSR count). The number of carbonyl (C=O) groups is 2. The van der Waals surface area contributed by atoms with E-state index in [1.807, 2.05) is 36.1 Å². The molecule has 1 aromatic carbocycles. The molecule has 1 saturated heterocycles. The second-order valence-corrected chi connectivity index (χ2v) is 6.45. The van der Waals surface area contributed by atoms with Gasteiger partial charge < -0.3 is 19.9 Å². The molecule has 0 unspecified atom stereocenters. The molecule has 1 heterocycles. The number of hydrogen-bond acceptors (Lipinski definition) is 4. The first-order chi connectivity index (χ1) is 11.4. The van der Waals surface area contributed by atoms with E-state index in [0.29, 0.717) is 13.0 Å². The van der Waals surface area contributed by atoms with Crippen molar-refractivity contribution in [1.29, 1.82) is 0 Å². The number of methoxy groups -OCH3 is 1. The number of amides is 2. The third kappa shape index (κ3) is 4.71. The van der Waals surface area contributed by atoms with Gasteiger partial charge in [0.15, 0.2) is 0 Å². The van der Waals surface area contributed by atoms with E-state index < -0.39 is 6.04 Å². The van der Waals surface area contributed by atoms with Crippen molar-refractivity contribution in [2.24, 2.45) is 0 Å². The molecule has 0 spiro atoms. The zero-order valence-electron chi connectivity index (χ0n) is 14.9. The van der Waals surface area contributed by atoms with E-state index in [-0.39, 0.29) is 17.9 Å². The van der Waals surface area contributed by atoms with Crippen molar-refractivity contribution < 1.29 is 14.3 Å². The summed E-state index contributed by atoms with van der Waals surface area (Å²) < 4.78 is 5.23. The van der Waals surface area contributed by atoms with Crippen LogP contribution in [0.2, 0.25) is 0 Å². The van der Waals surface area contributed by atoms with E-state index in [2.05, 4.69) is 17.3 Å². The summed E-state index contributed by atoms with van der Waals surface area (Å²) in [6, 6.07) is 7.18. The highest BCUT2D eigenvalue weighted by Gasteiger charge is 2.31. The highest BCUT2D eigenvalue weighted by atomic mass is 16.5. The van der Waals surface area contributed by atoms with Crippen molar-refractivity contribution >= 4 is 11.8 Å². The summed E-state index contributed by atoms with van der Waals surface area (Å²) in [6.45, 7) is 5.87. The Labute approximate surface area is 143 Å². The van der Waals surface area contributed by atoms with Crippen LogP contribution in [0.1, 0.15) is 19.4 Å². The van der Waals surface area contributed by atoms with E-state index in [9.17, 15) is 9.59 Å². The van der Waals surface area contributed by atoms with Crippen LogP contribution >= 0.6 is 0 Å². The SMILES string of the molecule is COc1cccc(C[C@H](NC(C)=O)C(=O)N2CCN(C)C[C@@H]2C)c1. The van der Waals surface area contributed by atoms with Crippen LogP contribution in [0.4, 0.5) is 0 Å². The Morgan fingerprint density at radius 1 is 1.38 bits per heavy atom. The third-order valence-electron chi connectivity index (χ3n) is 4.36. The molecule has 1 aliphatic rings. The van der Waals surface area contributed by atoms with E-state index >= 15 is 0 Å². The van der Waals surface area contributed by atoms with Gasteiger partial charge in [-0.1, -0.05) is 12.1 Å². The molecule has 0 aliphatic carbocycles. The van der Waals surface area contributed by atoms with Gasteiger partial charge in [-0.3, -0.25) is 9.59 Å². The summed E-state index contributed by atoms with van der Waals surface area (Å²) in [6.07, 6.45) is 0.453. The molecular weight excluding hydrogens is 306 g/mol. The number of rotatable bonds is 5. The number of nitrogens with one attached hydrogen (secondary N) is 1. The van der Waals surface area contributed by atoms with Crippen LogP contribution in [0, 0.1) is 0 Å². The van der Waals surface area contributed by atoms with Crippen molar-refractivity contribution in [2.75, 3.05) is 33.8 Å². The largest absolute Gasteiger partial charge is 0.497 e. The summed E-state index contributed by atoms with van der Waals surface area (Å²) in [7, 11) is 3.67. The predicted molar refractivity (Wildman–Crippen MR) is 93.0 cm³/mol. The Balaban J connectivity index is 2.14. The Morgan fingerprint density at radius 3 is 2.75 bits per heavy atom. The van der Waals surface area contributed by atoms with Gasteiger partial charge in [-0.15, -0.1) is 0 Å². The van der Waals surface area contributed by atoms with Gasteiger partial charge in [0.05, 0.1) is 7.11 Å². The first-order valence-electron chi connectivity index (χ1n) is 8.29. The van der Waals surface area contributed by atoms with Crippen molar-refractivity contribution in [3.05, 3.63) is 29.8 Å². The smallest absolute Gasteiger partial charge is 0.245 e. The summed E-state index contributed by atoms with van der Waals surface area (Å²) in [5.41, 5.74) is 0.961. The average Bonchev–Trinajstić information content (AvgIpc) is 2.53. The van der Waals surface area contributed by atoms with Crippen molar-refractivity contribution in [3.63, 3.8) is 0 Å². The fraction of sp³-hybridized carbons (Fsp3) is 0.556. The molecule has 0 radical (unpaired) electrons. The van der Waals surface area contributed by atoms with Crippen LogP contribution < -0.4 is 10.1 Å². The molecule has 1 fully saturated rings. The Bertz CT molecular complexity index is 591. The van der Waals surface area contributed by atoms with Crippen LogP contribution in [0.15, 0.2) is 24.3 Å². The highest BCUT2D eigenvalue weighted by molar-refractivity contribution is 5.87. The fourth-order valence-electron chi connectivity index (χ4n) is 3.15. The van der Waals surface area contributed by atoms with Crippen LogP contribution in [0.3, 0.4) is 0 Å². The second-order valence-electron chi connectivity index (χ2n) is 6.45. The predicted octanol–water partition coefficient (Wildman–Crippen LogP) is 0.905. The first-order valence-corrected chi connectivity index (χ1v) is 8.29. The molecule has 6 nitrogen and oxygen atoms in total. The Morgan fingerprint density at radius 2 is 2.12 bits per heavy atom. The normalized spacial score (nSPS) is 19.7. The van der Waals surface area contributed by atoms with E-state index in [4.69, 9.17) is 4.74 Å². The molecule has 1 aliphatic heterocycles. The summed E-state index contributed by atoms with van der Waals surface area (Å²) >= 11 is 0. The maximum absolute atomic E-state index is 13.0. The number of carbonyl (C=O) groups excluding carboxylic acids is 2. The van der Waals surface area contributed by atoms with Crippen molar-refractivity contribution in [1.82, 2.24) is 15.1 Å². The quantitative estimate of drug-likeness (QED) is 0.870. The van der Waals surface area contributed by atoms with Gasteiger partial charge in [-0.25, -0.2) is 0 Å². The monoisotopic (exact) mass is 333 g/mol. The lowest BCUT2D eigenvalue weighted by molar-refractivity contribution is -0.139. The second kappa shape index (κ2) is 8.15.